The quantitative estimate of drug-likeness (QED) is 0.459. The predicted octanol–water partition coefficient (Wildman–Crippen LogP) is 1.84. The van der Waals surface area contributed by atoms with Crippen LogP contribution in [0.3, 0.4) is 0 Å². The van der Waals surface area contributed by atoms with E-state index in [4.69, 9.17) is 0 Å². The van der Waals surface area contributed by atoms with Crippen molar-refractivity contribution in [2.45, 2.75) is 19.4 Å². The molecule has 0 saturated heterocycles. The molecule has 6 heteroatoms. The minimum Gasteiger partial charge on any atom is -0.363 e. The third-order valence-electron chi connectivity index (χ3n) is 3.21. The summed E-state index contributed by atoms with van der Waals surface area (Å²) < 4.78 is 0. The second kappa shape index (κ2) is 8.28. The zero-order valence-electron chi connectivity index (χ0n) is 12.4. The number of hydrogen-bond acceptors (Lipinski definition) is 3. The molecule has 1 aliphatic carbocycles. The molecule has 1 saturated carbocycles. The lowest BCUT2D eigenvalue weighted by atomic mass is 10.2. The van der Waals surface area contributed by atoms with Crippen molar-refractivity contribution in [2.75, 3.05) is 32.6 Å². The normalized spacial score (nSPS) is 14.4. The molecule has 20 heavy (non-hydrogen) atoms. The summed E-state index contributed by atoms with van der Waals surface area (Å²) >= 11 is 0. The Labute approximate surface area is 138 Å². The summed E-state index contributed by atoms with van der Waals surface area (Å²) in [4.78, 5) is 10.5. The average Bonchev–Trinajstić information content (AvgIpc) is 3.23. The van der Waals surface area contributed by atoms with Crippen LogP contribution < -0.4 is 15.5 Å². The third-order valence-corrected chi connectivity index (χ3v) is 3.21. The molecule has 112 valence electrons. The molecular formula is C14H24IN5. The first-order chi connectivity index (χ1) is 9.19. The van der Waals surface area contributed by atoms with Crippen LogP contribution in [0.25, 0.3) is 0 Å². The van der Waals surface area contributed by atoms with Crippen molar-refractivity contribution in [1.29, 1.82) is 0 Å². The molecule has 1 aromatic rings. The summed E-state index contributed by atoms with van der Waals surface area (Å²) in [7, 11) is 5.80. The Balaban J connectivity index is 0.00000200. The summed E-state index contributed by atoms with van der Waals surface area (Å²) in [5.74, 6) is 2.69. The van der Waals surface area contributed by atoms with Gasteiger partial charge in [0.1, 0.15) is 5.82 Å². The van der Waals surface area contributed by atoms with E-state index in [1.165, 1.54) is 18.4 Å². The lowest BCUT2D eigenvalue weighted by molar-refractivity contribution is 0.737. The van der Waals surface area contributed by atoms with Gasteiger partial charge in [-0.1, -0.05) is 0 Å². The van der Waals surface area contributed by atoms with E-state index < -0.39 is 0 Å². The average molecular weight is 389 g/mol. The number of anilines is 1. The highest BCUT2D eigenvalue weighted by atomic mass is 127. The van der Waals surface area contributed by atoms with Crippen molar-refractivity contribution in [2.24, 2.45) is 10.9 Å². The monoisotopic (exact) mass is 389 g/mol. The Bertz CT molecular complexity index is 443. The first kappa shape index (κ1) is 17.0. The van der Waals surface area contributed by atoms with Gasteiger partial charge >= 0.3 is 0 Å². The van der Waals surface area contributed by atoms with Gasteiger partial charge in [-0.05, 0) is 36.5 Å². The topological polar surface area (TPSA) is 52.6 Å². The number of nitrogens with one attached hydrogen (secondary N) is 2. The summed E-state index contributed by atoms with van der Waals surface area (Å²) in [5, 5.41) is 6.68. The Morgan fingerprint density at radius 1 is 1.40 bits per heavy atom. The molecule has 0 amide bonds. The molecule has 0 unspecified atom stereocenters. The Morgan fingerprint density at radius 2 is 2.15 bits per heavy atom. The van der Waals surface area contributed by atoms with E-state index in [0.717, 1.165) is 30.8 Å². The van der Waals surface area contributed by atoms with E-state index in [2.05, 4.69) is 26.7 Å². The number of aromatic nitrogens is 1. The molecule has 0 bridgehead atoms. The highest BCUT2D eigenvalue weighted by molar-refractivity contribution is 14.0. The zero-order valence-corrected chi connectivity index (χ0v) is 14.7. The lowest BCUT2D eigenvalue weighted by Gasteiger charge is -2.14. The number of guanidine groups is 1. The molecule has 2 rings (SSSR count). The smallest absolute Gasteiger partial charge is 0.191 e. The van der Waals surface area contributed by atoms with Crippen molar-refractivity contribution >= 4 is 35.8 Å². The molecular weight excluding hydrogens is 365 g/mol. The zero-order chi connectivity index (χ0) is 13.7. The van der Waals surface area contributed by atoms with E-state index in [-0.39, 0.29) is 24.0 Å². The minimum atomic E-state index is 0. The fraction of sp³-hybridized carbons (Fsp3) is 0.571. The van der Waals surface area contributed by atoms with Crippen LogP contribution in [0.2, 0.25) is 0 Å². The second-order valence-corrected chi connectivity index (χ2v) is 5.17. The molecule has 0 atom stereocenters. The van der Waals surface area contributed by atoms with Gasteiger partial charge in [0, 0.05) is 40.4 Å². The van der Waals surface area contributed by atoms with Crippen LogP contribution >= 0.6 is 24.0 Å². The van der Waals surface area contributed by atoms with Gasteiger partial charge < -0.3 is 15.5 Å². The maximum absolute atomic E-state index is 4.31. The van der Waals surface area contributed by atoms with Crippen molar-refractivity contribution in [3.05, 3.63) is 23.9 Å². The maximum Gasteiger partial charge on any atom is 0.191 e. The minimum absolute atomic E-state index is 0. The van der Waals surface area contributed by atoms with Crippen LogP contribution in [0.4, 0.5) is 5.82 Å². The maximum atomic E-state index is 4.31. The lowest BCUT2D eigenvalue weighted by Crippen LogP contribution is -2.37. The molecule has 0 radical (unpaired) electrons. The largest absolute Gasteiger partial charge is 0.363 e. The predicted molar refractivity (Wildman–Crippen MR) is 94.9 cm³/mol. The fourth-order valence-electron chi connectivity index (χ4n) is 1.78. The van der Waals surface area contributed by atoms with Gasteiger partial charge in [-0.2, -0.15) is 0 Å². The van der Waals surface area contributed by atoms with Gasteiger partial charge in [0.2, 0.25) is 0 Å². The molecule has 1 heterocycles. The van der Waals surface area contributed by atoms with E-state index in [0.29, 0.717) is 0 Å². The third kappa shape index (κ3) is 5.52. The van der Waals surface area contributed by atoms with Gasteiger partial charge in [0.25, 0.3) is 0 Å². The van der Waals surface area contributed by atoms with Crippen molar-refractivity contribution < 1.29 is 0 Å². The molecule has 0 spiro atoms. The summed E-state index contributed by atoms with van der Waals surface area (Å²) in [6.07, 6.45) is 4.54. The SMILES string of the molecule is CN=C(NCc1ccnc(N(C)C)c1)NCC1CC1.I. The summed E-state index contributed by atoms with van der Waals surface area (Å²) in [6.45, 7) is 1.78. The number of halogens is 1. The van der Waals surface area contributed by atoms with Gasteiger partial charge in [0.15, 0.2) is 5.96 Å². The summed E-state index contributed by atoms with van der Waals surface area (Å²) in [5.41, 5.74) is 1.20. The van der Waals surface area contributed by atoms with Crippen LogP contribution in [0.5, 0.6) is 0 Å². The van der Waals surface area contributed by atoms with Gasteiger partial charge in [0.05, 0.1) is 0 Å². The highest BCUT2D eigenvalue weighted by Gasteiger charge is 2.20. The Kier molecular flexibility index (Phi) is 7.04. The Morgan fingerprint density at radius 3 is 2.75 bits per heavy atom. The standard InChI is InChI=1S/C14H23N5.HI/c1-15-14(17-9-11-4-5-11)18-10-12-6-7-16-13(8-12)19(2)3;/h6-8,11H,4-5,9-10H2,1-3H3,(H2,15,17,18);1H. The first-order valence-electron chi connectivity index (χ1n) is 6.76. The molecule has 0 aliphatic heterocycles. The van der Waals surface area contributed by atoms with Crippen LogP contribution in [-0.2, 0) is 6.54 Å². The van der Waals surface area contributed by atoms with Crippen molar-refractivity contribution in [3.63, 3.8) is 0 Å². The number of pyridine rings is 1. The molecule has 2 N–H and O–H groups in total. The molecule has 1 aliphatic rings. The van der Waals surface area contributed by atoms with Crippen molar-refractivity contribution in [3.8, 4) is 0 Å². The number of aliphatic imine (C=N–C) groups is 1. The molecule has 0 aromatic carbocycles. The van der Waals surface area contributed by atoms with Gasteiger partial charge in [-0.25, -0.2) is 4.98 Å². The van der Waals surface area contributed by atoms with E-state index in [9.17, 15) is 0 Å². The van der Waals surface area contributed by atoms with Crippen LogP contribution in [-0.4, -0.2) is 38.6 Å². The second-order valence-electron chi connectivity index (χ2n) is 5.17. The Hall–Kier alpha value is -1.05. The summed E-state index contributed by atoms with van der Waals surface area (Å²) in [6, 6.07) is 4.11. The van der Waals surface area contributed by atoms with Crippen LogP contribution in [0.1, 0.15) is 18.4 Å². The van der Waals surface area contributed by atoms with Crippen LogP contribution in [0.15, 0.2) is 23.3 Å². The number of hydrogen-bond donors (Lipinski definition) is 2. The molecule has 1 fully saturated rings. The van der Waals surface area contributed by atoms with Crippen LogP contribution in [0, 0.1) is 5.92 Å². The number of nitrogens with zero attached hydrogens (tertiary/aromatic N) is 3. The van der Waals surface area contributed by atoms with Gasteiger partial charge in [-0.15, -0.1) is 24.0 Å². The van der Waals surface area contributed by atoms with E-state index >= 15 is 0 Å². The molecule has 5 nitrogen and oxygen atoms in total. The number of rotatable bonds is 5. The van der Waals surface area contributed by atoms with Gasteiger partial charge in [-0.3, -0.25) is 4.99 Å². The first-order valence-corrected chi connectivity index (χ1v) is 6.76. The molecule has 1 aromatic heterocycles. The fourth-order valence-corrected chi connectivity index (χ4v) is 1.78. The van der Waals surface area contributed by atoms with Crippen molar-refractivity contribution in [1.82, 2.24) is 15.6 Å². The van der Waals surface area contributed by atoms with E-state index in [1.807, 2.05) is 31.3 Å². The van der Waals surface area contributed by atoms with E-state index in [1.54, 1.807) is 7.05 Å². The highest BCUT2D eigenvalue weighted by Crippen LogP contribution is 2.27.